The van der Waals surface area contributed by atoms with Gasteiger partial charge in [-0.1, -0.05) is 19.1 Å². The summed E-state index contributed by atoms with van der Waals surface area (Å²) in [4.78, 5) is 2.58. The maximum absolute atomic E-state index is 6.05. The lowest BCUT2D eigenvalue weighted by atomic mass is 10.0. The minimum Gasteiger partial charge on any atom is -0.491 e. The molecule has 2 rings (SSSR count). The van der Waals surface area contributed by atoms with Crippen molar-refractivity contribution in [3.8, 4) is 5.75 Å². The molecule has 0 amide bonds. The van der Waals surface area contributed by atoms with Gasteiger partial charge in [0.2, 0.25) is 0 Å². The quantitative estimate of drug-likeness (QED) is 0.866. The molecule has 0 spiro atoms. The Hall–Kier alpha value is -1.06. The van der Waals surface area contributed by atoms with Crippen molar-refractivity contribution in [3.05, 3.63) is 29.8 Å². The van der Waals surface area contributed by atoms with Gasteiger partial charge >= 0.3 is 0 Å². The van der Waals surface area contributed by atoms with Crippen molar-refractivity contribution in [2.75, 3.05) is 13.1 Å². The molecule has 1 aliphatic rings. The van der Waals surface area contributed by atoms with Crippen LogP contribution in [0.5, 0.6) is 5.75 Å². The fourth-order valence-electron chi connectivity index (χ4n) is 3.21. The normalized spacial score (nSPS) is 21.4. The summed E-state index contributed by atoms with van der Waals surface area (Å²) in [7, 11) is 0. The summed E-state index contributed by atoms with van der Waals surface area (Å²) in [6.07, 6.45) is 4.03. The van der Waals surface area contributed by atoms with E-state index in [1.165, 1.54) is 31.4 Å². The molecule has 2 N–H and O–H groups in total. The van der Waals surface area contributed by atoms with Gasteiger partial charge in [0.1, 0.15) is 5.75 Å². The van der Waals surface area contributed by atoms with E-state index in [4.69, 9.17) is 10.5 Å². The van der Waals surface area contributed by atoms with E-state index >= 15 is 0 Å². The Morgan fingerprint density at radius 1 is 1.30 bits per heavy atom. The summed E-state index contributed by atoms with van der Waals surface area (Å²) in [5, 5.41) is 0. The first-order valence-corrected chi connectivity index (χ1v) is 7.88. The van der Waals surface area contributed by atoms with E-state index in [9.17, 15) is 0 Å². The minimum absolute atomic E-state index is 0.217. The van der Waals surface area contributed by atoms with Gasteiger partial charge in [-0.25, -0.2) is 0 Å². The number of hydrogen-bond donors (Lipinski definition) is 1. The number of benzene rings is 1. The third-order valence-corrected chi connectivity index (χ3v) is 4.15. The van der Waals surface area contributed by atoms with Crippen LogP contribution >= 0.6 is 0 Å². The Bertz CT molecular complexity index is 402. The van der Waals surface area contributed by atoms with Crippen LogP contribution in [0.2, 0.25) is 0 Å². The second-order valence-electron chi connectivity index (χ2n) is 5.93. The van der Waals surface area contributed by atoms with Crippen molar-refractivity contribution in [1.82, 2.24) is 4.90 Å². The SMILES string of the molecule is CCC1CCCN1C(CN)c1ccc(OC(C)C)cc1. The van der Waals surface area contributed by atoms with Gasteiger partial charge < -0.3 is 10.5 Å². The molecule has 3 nitrogen and oxygen atoms in total. The van der Waals surface area contributed by atoms with Crippen LogP contribution in [0.25, 0.3) is 0 Å². The van der Waals surface area contributed by atoms with Gasteiger partial charge in [0, 0.05) is 18.6 Å². The largest absolute Gasteiger partial charge is 0.491 e. The molecule has 1 saturated heterocycles. The molecular formula is C17H28N2O. The zero-order valence-corrected chi connectivity index (χ0v) is 13.0. The second-order valence-corrected chi connectivity index (χ2v) is 5.93. The Balaban J connectivity index is 2.11. The van der Waals surface area contributed by atoms with Gasteiger partial charge in [0.15, 0.2) is 0 Å². The second kappa shape index (κ2) is 7.09. The molecular weight excluding hydrogens is 248 g/mol. The average molecular weight is 276 g/mol. The monoisotopic (exact) mass is 276 g/mol. The van der Waals surface area contributed by atoms with Gasteiger partial charge in [0.25, 0.3) is 0 Å². The molecule has 112 valence electrons. The van der Waals surface area contributed by atoms with E-state index in [2.05, 4.69) is 36.1 Å². The predicted octanol–water partition coefficient (Wildman–Crippen LogP) is 3.35. The van der Waals surface area contributed by atoms with E-state index in [1.54, 1.807) is 0 Å². The molecule has 0 saturated carbocycles. The smallest absolute Gasteiger partial charge is 0.119 e. The zero-order valence-electron chi connectivity index (χ0n) is 13.0. The third-order valence-electron chi connectivity index (χ3n) is 4.15. The van der Waals surface area contributed by atoms with Crippen LogP contribution < -0.4 is 10.5 Å². The summed E-state index contributed by atoms with van der Waals surface area (Å²) in [6, 6.07) is 9.50. The highest BCUT2D eigenvalue weighted by Gasteiger charge is 2.29. The van der Waals surface area contributed by atoms with Crippen LogP contribution in [-0.4, -0.2) is 30.1 Å². The highest BCUT2D eigenvalue weighted by molar-refractivity contribution is 5.29. The summed E-state index contributed by atoms with van der Waals surface area (Å²) in [5.41, 5.74) is 7.36. The van der Waals surface area contributed by atoms with Crippen LogP contribution in [0.4, 0.5) is 0 Å². The third kappa shape index (κ3) is 3.53. The van der Waals surface area contributed by atoms with Gasteiger partial charge in [0.05, 0.1) is 6.10 Å². The summed E-state index contributed by atoms with van der Waals surface area (Å²) >= 11 is 0. The van der Waals surface area contributed by atoms with Crippen LogP contribution in [0.1, 0.15) is 51.6 Å². The Morgan fingerprint density at radius 2 is 2.00 bits per heavy atom. The molecule has 1 aromatic carbocycles. The van der Waals surface area contributed by atoms with E-state index in [1.807, 2.05) is 13.8 Å². The van der Waals surface area contributed by atoms with Crippen molar-refractivity contribution < 1.29 is 4.74 Å². The van der Waals surface area contributed by atoms with Crippen LogP contribution in [0.15, 0.2) is 24.3 Å². The van der Waals surface area contributed by atoms with Crippen molar-refractivity contribution in [1.29, 1.82) is 0 Å². The molecule has 2 unspecified atom stereocenters. The zero-order chi connectivity index (χ0) is 14.5. The first-order valence-electron chi connectivity index (χ1n) is 7.88. The number of rotatable bonds is 6. The van der Waals surface area contributed by atoms with Gasteiger partial charge in [-0.15, -0.1) is 0 Å². The molecule has 1 heterocycles. The summed E-state index contributed by atoms with van der Waals surface area (Å²) in [6.45, 7) is 8.22. The number of hydrogen-bond acceptors (Lipinski definition) is 3. The molecule has 3 heteroatoms. The Kier molecular flexibility index (Phi) is 5.44. The molecule has 1 fully saturated rings. The molecule has 20 heavy (non-hydrogen) atoms. The fourth-order valence-corrected chi connectivity index (χ4v) is 3.21. The van der Waals surface area contributed by atoms with Crippen LogP contribution in [0.3, 0.4) is 0 Å². The van der Waals surface area contributed by atoms with Crippen molar-refractivity contribution in [3.63, 3.8) is 0 Å². The van der Waals surface area contributed by atoms with Crippen molar-refractivity contribution in [2.45, 2.75) is 58.2 Å². The number of likely N-dealkylation sites (tertiary alicyclic amines) is 1. The molecule has 0 aromatic heterocycles. The van der Waals surface area contributed by atoms with Gasteiger partial charge in [-0.05, 0) is 57.4 Å². The van der Waals surface area contributed by atoms with Crippen molar-refractivity contribution in [2.24, 2.45) is 5.73 Å². The molecule has 2 atom stereocenters. The van der Waals surface area contributed by atoms with Crippen LogP contribution in [-0.2, 0) is 0 Å². The first-order chi connectivity index (χ1) is 9.65. The predicted molar refractivity (Wildman–Crippen MR) is 84.0 cm³/mol. The highest BCUT2D eigenvalue weighted by Crippen LogP contribution is 2.31. The van der Waals surface area contributed by atoms with E-state index in [0.717, 1.165) is 5.75 Å². The van der Waals surface area contributed by atoms with Crippen molar-refractivity contribution >= 4 is 0 Å². The summed E-state index contributed by atoms with van der Waals surface area (Å²) < 4.78 is 5.71. The van der Waals surface area contributed by atoms with Gasteiger partial charge in [-0.3, -0.25) is 4.90 Å². The summed E-state index contributed by atoms with van der Waals surface area (Å²) in [5.74, 6) is 0.938. The Labute approximate surface area is 123 Å². The lowest BCUT2D eigenvalue weighted by Gasteiger charge is -2.32. The Morgan fingerprint density at radius 3 is 2.55 bits per heavy atom. The number of nitrogens with zero attached hydrogens (tertiary/aromatic N) is 1. The first kappa shape index (κ1) is 15.3. The molecule has 1 aromatic rings. The maximum Gasteiger partial charge on any atom is 0.119 e. The highest BCUT2D eigenvalue weighted by atomic mass is 16.5. The molecule has 0 bridgehead atoms. The molecule has 0 aliphatic carbocycles. The standard InChI is InChI=1S/C17H28N2O/c1-4-15-6-5-11-19(15)17(12-18)14-7-9-16(10-8-14)20-13(2)3/h7-10,13,15,17H,4-6,11-12,18H2,1-3H3. The van der Waals surface area contributed by atoms with Gasteiger partial charge in [-0.2, -0.15) is 0 Å². The lowest BCUT2D eigenvalue weighted by molar-refractivity contribution is 0.180. The fraction of sp³-hybridized carbons (Fsp3) is 0.647. The number of ether oxygens (including phenoxy) is 1. The van der Waals surface area contributed by atoms with E-state index in [-0.39, 0.29) is 6.10 Å². The van der Waals surface area contributed by atoms with E-state index < -0.39 is 0 Å². The molecule has 0 radical (unpaired) electrons. The van der Waals surface area contributed by atoms with Crippen LogP contribution in [0, 0.1) is 0 Å². The number of nitrogens with two attached hydrogens (primary N) is 1. The molecule has 1 aliphatic heterocycles. The topological polar surface area (TPSA) is 38.5 Å². The average Bonchev–Trinajstić information content (AvgIpc) is 2.89. The van der Waals surface area contributed by atoms with E-state index in [0.29, 0.717) is 18.6 Å². The maximum atomic E-state index is 6.05. The lowest BCUT2D eigenvalue weighted by Crippen LogP contribution is -2.37. The minimum atomic E-state index is 0.217.